The summed E-state index contributed by atoms with van der Waals surface area (Å²) in [5.74, 6) is -1.08. The van der Waals surface area contributed by atoms with Crippen LogP contribution in [0.3, 0.4) is 0 Å². The molecule has 0 fully saturated rings. The fourth-order valence-electron chi connectivity index (χ4n) is 1.29. The molecule has 0 saturated carbocycles. The standard InChI is InChI=1S/C11H4Br2ClFOS/c12-7-2-1-6(10(15)9(7)14)11(16)5-3-8(13)17-4-5/h1-4H. The Morgan fingerprint density at radius 2 is 2.06 bits per heavy atom. The minimum Gasteiger partial charge on any atom is -0.288 e. The first-order valence-corrected chi connectivity index (χ1v) is 7.27. The Kier molecular flexibility index (Phi) is 4.02. The van der Waals surface area contributed by atoms with Gasteiger partial charge >= 0.3 is 0 Å². The van der Waals surface area contributed by atoms with Crippen molar-refractivity contribution in [3.05, 3.63) is 53.8 Å². The van der Waals surface area contributed by atoms with E-state index in [0.29, 0.717) is 10.0 Å². The van der Waals surface area contributed by atoms with Gasteiger partial charge in [0.1, 0.15) is 0 Å². The minimum absolute atomic E-state index is 0.0245. The average Bonchev–Trinajstić information content (AvgIpc) is 2.72. The van der Waals surface area contributed by atoms with Crippen molar-refractivity contribution in [3.63, 3.8) is 0 Å². The minimum atomic E-state index is -0.701. The van der Waals surface area contributed by atoms with Gasteiger partial charge in [-0.05, 0) is 50.1 Å². The van der Waals surface area contributed by atoms with Gasteiger partial charge in [-0.25, -0.2) is 4.39 Å². The van der Waals surface area contributed by atoms with Gasteiger partial charge in [0.25, 0.3) is 0 Å². The number of hydrogen-bond acceptors (Lipinski definition) is 2. The van der Waals surface area contributed by atoms with Crippen LogP contribution in [0, 0.1) is 5.82 Å². The lowest BCUT2D eigenvalue weighted by atomic mass is 10.1. The first-order chi connectivity index (χ1) is 8.00. The van der Waals surface area contributed by atoms with Gasteiger partial charge < -0.3 is 0 Å². The molecular formula is C11H4Br2ClFOS. The molecule has 0 unspecified atom stereocenters. The number of ketones is 1. The third-order valence-electron chi connectivity index (χ3n) is 2.11. The van der Waals surface area contributed by atoms with Crippen LogP contribution in [0.25, 0.3) is 0 Å². The third-order valence-corrected chi connectivity index (χ3v) is 4.87. The summed E-state index contributed by atoms with van der Waals surface area (Å²) in [5.41, 5.74) is 0.419. The van der Waals surface area contributed by atoms with E-state index in [2.05, 4.69) is 31.9 Å². The molecular weight excluding hydrogens is 394 g/mol. The van der Waals surface area contributed by atoms with Crippen molar-refractivity contribution in [2.45, 2.75) is 0 Å². The molecule has 2 aromatic rings. The van der Waals surface area contributed by atoms with Gasteiger partial charge in [0.2, 0.25) is 0 Å². The molecule has 1 nitrogen and oxygen atoms in total. The van der Waals surface area contributed by atoms with Crippen molar-refractivity contribution >= 4 is 60.6 Å². The molecule has 0 radical (unpaired) electrons. The van der Waals surface area contributed by atoms with Crippen LogP contribution < -0.4 is 0 Å². The maximum absolute atomic E-state index is 13.8. The predicted molar refractivity (Wildman–Crippen MR) is 74.6 cm³/mol. The number of halogens is 4. The lowest BCUT2D eigenvalue weighted by Gasteiger charge is -2.04. The van der Waals surface area contributed by atoms with Crippen molar-refractivity contribution in [1.29, 1.82) is 0 Å². The maximum Gasteiger partial charge on any atom is 0.196 e. The number of carbonyl (C=O) groups excluding carboxylic acids is 1. The molecule has 88 valence electrons. The number of rotatable bonds is 2. The van der Waals surface area contributed by atoms with E-state index in [4.69, 9.17) is 11.6 Å². The molecule has 0 saturated heterocycles. The van der Waals surface area contributed by atoms with Crippen LogP contribution in [0.2, 0.25) is 5.02 Å². The van der Waals surface area contributed by atoms with Crippen molar-refractivity contribution in [3.8, 4) is 0 Å². The molecule has 1 aromatic heterocycles. The second kappa shape index (κ2) is 5.18. The zero-order valence-electron chi connectivity index (χ0n) is 8.14. The predicted octanol–water partition coefficient (Wildman–Crippen LogP) is 5.30. The van der Waals surface area contributed by atoms with Crippen LogP contribution in [0.4, 0.5) is 4.39 Å². The summed E-state index contributed by atoms with van der Waals surface area (Å²) in [6, 6.07) is 4.63. The van der Waals surface area contributed by atoms with Crippen LogP contribution in [0.15, 0.2) is 31.8 Å². The molecule has 0 amide bonds. The Morgan fingerprint density at radius 1 is 1.35 bits per heavy atom. The summed E-state index contributed by atoms with van der Waals surface area (Å²) < 4.78 is 15.1. The van der Waals surface area contributed by atoms with Crippen molar-refractivity contribution in [2.24, 2.45) is 0 Å². The van der Waals surface area contributed by atoms with Gasteiger partial charge in [0.05, 0.1) is 14.4 Å². The largest absolute Gasteiger partial charge is 0.288 e. The fourth-order valence-corrected chi connectivity index (χ4v) is 2.89. The van der Waals surface area contributed by atoms with Gasteiger partial charge in [-0.15, -0.1) is 11.3 Å². The molecule has 1 heterocycles. The highest BCUT2D eigenvalue weighted by Gasteiger charge is 2.18. The van der Waals surface area contributed by atoms with Gasteiger partial charge in [-0.2, -0.15) is 0 Å². The summed E-state index contributed by atoms with van der Waals surface area (Å²) in [6.45, 7) is 0. The highest BCUT2D eigenvalue weighted by atomic mass is 79.9. The Hall–Kier alpha value is -0.230. The number of carbonyl (C=O) groups is 1. The molecule has 0 aliphatic heterocycles. The van der Waals surface area contributed by atoms with E-state index in [1.54, 1.807) is 17.5 Å². The van der Waals surface area contributed by atoms with E-state index in [1.807, 2.05) is 0 Å². The number of thiophene rings is 1. The Balaban J connectivity index is 2.48. The van der Waals surface area contributed by atoms with E-state index in [9.17, 15) is 9.18 Å². The molecule has 1 aromatic carbocycles. The van der Waals surface area contributed by atoms with E-state index in [0.717, 1.165) is 3.79 Å². The quantitative estimate of drug-likeness (QED) is 0.496. The second-order valence-electron chi connectivity index (χ2n) is 3.19. The summed E-state index contributed by atoms with van der Waals surface area (Å²) in [6.07, 6.45) is 0. The van der Waals surface area contributed by atoms with E-state index in [1.165, 1.54) is 17.4 Å². The van der Waals surface area contributed by atoms with Crippen LogP contribution in [0.1, 0.15) is 15.9 Å². The molecule has 0 aliphatic rings. The maximum atomic E-state index is 13.8. The van der Waals surface area contributed by atoms with Crippen LogP contribution >= 0.6 is 54.8 Å². The Bertz CT molecular complexity index is 597. The van der Waals surface area contributed by atoms with Crippen molar-refractivity contribution in [1.82, 2.24) is 0 Å². The monoisotopic (exact) mass is 396 g/mol. The van der Waals surface area contributed by atoms with E-state index >= 15 is 0 Å². The van der Waals surface area contributed by atoms with Crippen LogP contribution in [0.5, 0.6) is 0 Å². The second-order valence-corrected chi connectivity index (χ2v) is 6.71. The van der Waals surface area contributed by atoms with E-state index in [-0.39, 0.29) is 16.4 Å². The highest BCUT2D eigenvalue weighted by Crippen LogP contribution is 2.30. The number of hydrogen-bond donors (Lipinski definition) is 0. The average molecular weight is 398 g/mol. The lowest BCUT2D eigenvalue weighted by molar-refractivity contribution is 0.103. The summed E-state index contributed by atoms with van der Waals surface area (Å²) in [4.78, 5) is 12.0. The Morgan fingerprint density at radius 3 is 2.65 bits per heavy atom. The van der Waals surface area contributed by atoms with Gasteiger partial charge in [-0.1, -0.05) is 11.6 Å². The first-order valence-electron chi connectivity index (χ1n) is 4.43. The van der Waals surface area contributed by atoms with Gasteiger partial charge in [0, 0.05) is 15.4 Å². The SMILES string of the molecule is O=C(c1csc(Br)c1)c1ccc(Br)c(Cl)c1F. The topological polar surface area (TPSA) is 17.1 Å². The van der Waals surface area contributed by atoms with Crippen molar-refractivity contribution < 1.29 is 9.18 Å². The molecule has 2 rings (SSSR count). The molecule has 0 spiro atoms. The van der Waals surface area contributed by atoms with Crippen LogP contribution in [-0.4, -0.2) is 5.78 Å². The molecule has 0 N–H and O–H groups in total. The highest BCUT2D eigenvalue weighted by molar-refractivity contribution is 9.11. The smallest absolute Gasteiger partial charge is 0.196 e. The summed E-state index contributed by atoms with van der Waals surface area (Å²) >= 11 is 13.5. The fraction of sp³-hybridized carbons (Fsp3) is 0. The number of benzene rings is 1. The summed E-state index contributed by atoms with van der Waals surface area (Å²) in [7, 11) is 0. The van der Waals surface area contributed by atoms with Crippen molar-refractivity contribution in [2.75, 3.05) is 0 Å². The molecule has 17 heavy (non-hydrogen) atoms. The van der Waals surface area contributed by atoms with E-state index < -0.39 is 5.82 Å². The normalized spacial score (nSPS) is 10.6. The lowest BCUT2D eigenvalue weighted by Crippen LogP contribution is -2.03. The zero-order valence-corrected chi connectivity index (χ0v) is 12.9. The zero-order chi connectivity index (χ0) is 12.6. The Labute approximate surface area is 123 Å². The molecule has 0 atom stereocenters. The first kappa shape index (κ1) is 13.2. The van der Waals surface area contributed by atoms with Gasteiger partial charge in [-0.3, -0.25) is 4.79 Å². The molecule has 6 heteroatoms. The van der Waals surface area contributed by atoms with Gasteiger partial charge in [0.15, 0.2) is 11.6 Å². The summed E-state index contributed by atoms with van der Waals surface area (Å²) in [5, 5.41) is 1.59. The molecule has 0 aliphatic carbocycles. The molecule has 0 bridgehead atoms. The van der Waals surface area contributed by atoms with Crippen LogP contribution in [-0.2, 0) is 0 Å². The third kappa shape index (κ3) is 2.62.